The molecule has 3 fully saturated rings. The Morgan fingerprint density at radius 1 is 0.760 bits per heavy atom. The summed E-state index contributed by atoms with van der Waals surface area (Å²) in [5.74, 6) is 0. The summed E-state index contributed by atoms with van der Waals surface area (Å²) in [6, 6.07) is 12.4. The molecule has 4 rings (SSSR count). The highest BCUT2D eigenvalue weighted by Crippen LogP contribution is 2.27. The minimum atomic E-state index is 0.385. The van der Waals surface area contributed by atoms with Gasteiger partial charge in [-0.15, -0.1) is 0 Å². The van der Waals surface area contributed by atoms with Crippen LogP contribution in [0.1, 0.15) is 33.1 Å². The highest BCUT2D eigenvalue weighted by molar-refractivity contribution is 5.47. The molecular formula is C21H33N3O. The number of morpholine rings is 1. The van der Waals surface area contributed by atoms with Crippen molar-refractivity contribution in [1.29, 1.82) is 0 Å². The molecule has 0 aromatic heterocycles. The number of ether oxygens (including phenoxy) is 1. The van der Waals surface area contributed by atoms with Crippen molar-refractivity contribution in [3.05, 3.63) is 30.3 Å². The van der Waals surface area contributed by atoms with Crippen LogP contribution in [0.25, 0.3) is 0 Å². The Morgan fingerprint density at radius 2 is 1.40 bits per heavy atom. The van der Waals surface area contributed by atoms with Gasteiger partial charge in [0.15, 0.2) is 0 Å². The Bertz CT molecular complexity index is 533. The molecule has 3 aliphatic heterocycles. The van der Waals surface area contributed by atoms with E-state index in [0.29, 0.717) is 12.2 Å². The van der Waals surface area contributed by atoms with Crippen molar-refractivity contribution in [2.24, 2.45) is 0 Å². The van der Waals surface area contributed by atoms with Crippen molar-refractivity contribution in [3.63, 3.8) is 0 Å². The van der Waals surface area contributed by atoms with E-state index in [4.69, 9.17) is 4.74 Å². The summed E-state index contributed by atoms with van der Waals surface area (Å²) in [6.07, 6.45) is 4.72. The maximum Gasteiger partial charge on any atom is 0.0678 e. The average molecular weight is 344 g/mol. The number of hydrogen-bond donors (Lipinski definition) is 0. The fraction of sp³-hybridized carbons (Fsp3) is 0.714. The van der Waals surface area contributed by atoms with Gasteiger partial charge >= 0.3 is 0 Å². The molecular weight excluding hydrogens is 310 g/mol. The molecule has 138 valence electrons. The lowest BCUT2D eigenvalue weighted by molar-refractivity contribution is -0.0872. The number of anilines is 1. The Kier molecular flexibility index (Phi) is 5.30. The van der Waals surface area contributed by atoms with Crippen molar-refractivity contribution >= 4 is 5.69 Å². The first kappa shape index (κ1) is 17.3. The molecule has 0 amide bonds. The summed E-state index contributed by atoms with van der Waals surface area (Å²) in [7, 11) is 0. The Morgan fingerprint density at radius 3 is 2.08 bits per heavy atom. The Hall–Kier alpha value is -1.10. The molecule has 3 heterocycles. The maximum absolute atomic E-state index is 5.91. The second kappa shape index (κ2) is 7.65. The van der Waals surface area contributed by atoms with Crippen molar-refractivity contribution in [1.82, 2.24) is 9.80 Å². The van der Waals surface area contributed by atoms with E-state index in [1.165, 1.54) is 51.1 Å². The zero-order valence-electron chi connectivity index (χ0n) is 15.8. The monoisotopic (exact) mass is 343 g/mol. The quantitative estimate of drug-likeness (QED) is 0.840. The van der Waals surface area contributed by atoms with Gasteiger partial charge in [-0.3, -0.25) is 9.80 Å². The second-order valence-electron chi connectivity index (χ2n) is 8.20. The molecule has 3 atom stereocenters. The van der Waals surface area contributed by atoms with Gasteiger partial charge in [-0.25, -0.2) is 0 Å². The third-order valence-electron chi connectivity index (χ3n) is 6.26. The number of rotatable bonds is 3. The number of benzene rings is 1. The van der Waals surface area contributed by atoms with Gasteiger partial charge in [0.1, 0.15) is 0 Å². The molecule has 0 N–H and O–H groups in total. The van der Waals surface area contributed by atoms with Gasteiger partial charge < -0.3 is 9.64 Å². The highest BCUT2D eigenvalue weighted by Gasteiger charge is 2.34. The van der Waals surface area contributed by atoms with E-state index in [-0.39, 0.29) is 0 Å². The van der Waals surface area contributed by atoms with Gasteiger partial charge in [0, 0.05) is 44.0 Å². The summed E-state index contributed by atoms with van der Waals surface area (Å²) in [6.45, 7) is 11.6. The lowest BCUT2D eigenvalue weighted by atomic mass is 9.99. The third-order valence-corrected chi connectivity index (χ3v) is 6.26. The first-order valence-electron chi connectivity index (χ1n) is 10.1. The molecule has 1 aromatic carbocycles. The predicted molar refractivity (Wildman–Crippen MR) is 103 cm³/mol. The van der Waals surface area contributed by atoms with E-state index in [1.807, 2.05) is 0 Å². The Balaban J connectivity index is 1.28. The number of piperidine rings is 1. The topological polar surface area (TPSA) is 19.0 Å². The van der Waals surface area contributed by atoms with Crippen LogP contribution in [-0.4, -0.2) is 73.4 Å². The molecule has 1 aromatic rings. The number of para-hydroxylation sites is 1. The fourth-order valence-corrected chi connectivity index (χ4v) is 5.05. The van der Waals surface area contributed by atoms with Crippen molar-refractivity contribution in [3.8, 4) is 0 Å². The summed E-state index contributed by atoms with van der Waals surface area (Å²) in [5.41, 5.74) is 1.39. The molecule has 0 bridgehead atoms. The largest absolute Gasteiger partial charge is 0.373 e. The van der Waals surface area contributed by atoms with Crippen LogP contribution in [0, 0.1) is 0 Å². The molecule has 0 aliphatic carbocycles. The van der Waals surface area contributed by atoms with E-state index < -0.39 is 0 Å². The standard InChI is InChI=1S/C21H33N3O/c1-17-14-24(15-18(2)25-17)20-8-11-22(12-9-20)21-10-13-23(16-21)19-6-4-3-5-7-19/h3-7,17-18,20-21H,8-16H2,1-2H3/t17-,18+,21?. The Labute approximate surface area is 152 Å². The number of likely N-dealkylation sites (tertiary alicyclic amines) is 1. The van der Waals surface area contributed by atoms with E-state index in [2.05, 4.69) is 58.9 Å². The van der Waals surface area contributed by atoms with Crippen molar-refractivity contribution in [2.45, 2.75) is 57.4 Å². The van der Waals surface area contributed by atoms with Gasteiger partial charge in [0.2, 0.25) is 0 Å². The number of nitrogens with zero attached hydrogens (tertiary/aromatic N) is 3. The summed E-state index contributed by atoms with van der Waals surface area (Å²) >= 11 is 0. The van der Waals surface area contributed by atoms with E-state index in [1.54, 1.807) is 0 Å². The first-order chi connectivity index (χ1) is 12.2. The molecule has 3 saturated heterocycles. The predicted octanol–water partition coefficient (Wildman–Crippen LogP) is 2.84. The van der Waals surface area contributed by atoms with Gasteiger partial charge in [-0.2, -0.15) is 0 Å². The van der Waals surface area contributed by atoms with E-state index >= 15 is 0 Å². The highest BCUT2D eigenvalue weighted by atomic mass is 16.5. The molecule has 3 aliphatic rings. The zero-order valence-corrected chi connectivity index (χ0v) is 15.8. The van der Waals surface area contributed by atoms with Crippen molar-refractivity contribution in [2.75, 3.05) is 44.2 Å². The molecule has 0 saturated carbocycles. The van der Waals surface area contributed by atoms with E-state index in [0.717, 1.165) is 25.2 Å². The normalized spacial score (nSPS) is 33.0. The molecule has 0 radical (unpaired) electrons. The van der Waals surface area contributed by atoms with Crippen LogP contribution in [-0.2, 0) is 4.74 Å². The summed E-state index contributed by atoms with van der Waals surface area (Å²) in [5, 5.41) is 0. The summed E-state index contributed by atoms with van der Waals surface area (Å²) in [4.78, 5) is 8.01. The molecule has 1 unspecified atom stereocenters. The smallest absolute Gasteiger partial charge is 0.0678 e. The fourth-order valence-electron chi connectivity index (χ4n) is 5.05. The minimum Gasteiger partial charge on any atom is -0.373 e. The van der Waals surface area contributed by atoms with Gasteiger partial charge in [0.05, 0.1) is 12.2 Å². The van der Waals surface area contributed by atoms with Crippen molar-refractivity contribution < 1.29 is 4.74 Å². The molecule has 25 heavy (non-hydrogen) atoms. The van der Waals surface area contributed by atoms with Crippen LogP contribution in [0.15, 0.2) is 30.3 Å². The van der Waals surface area contributed by atoms with Crippen LogP contribution >= 0.6 is 0 Å². The van der Waals surface area contributed by atoms with Gasteiger partial charge in [0.25, 0.3) is 0 Å². The molecule has 4 nitrogen and oxygen atoms in total. The SMILES string of the molecule is C[C@@H]1CN(C2CCN(C3CCN(c4ccccc4)C3)CC2)C[C@H](C)O1. The van der Waals surface area contributed by atoms with Crippen LogP contribution in [0.3, 0.4) is 0 Å². The average Bonchev–Trinajstić information content (AvgIpc) is 3.12. The zero-order chi connectivity index (χ0) is 17.2. The van der Waals surface area contributed by atoms with Crippen LogP contribution in [0.5, 0.6) is 0 Å². The molecule has 4 heteroatoms. The summed E-state index contributed by atoms with van der Waals surface area (Å²) < 4.78 is 5.91. The van der Waals surface area contributed by atoms with Crippen LogP contribution < -0.4 is 4.90 Å². The maximum atomic E-state index is 5.91. The lowest BCUT2D eigenvalue weighted by Crippen LogP contribution is -2.54. The lowest BCUT2D eigenvalue weighted by Gasteiger charge is -2.44. The first-order valence-corrected chi connectivity index (χ1v) is 10.1. The van der Waals surface area contributed by atoms with Crippen LogP contribution in [0.4, 0.5) is 5.69 Å². The van der Waals surface area contributed by atoms with E-state index in [9.17, 15) is 0 Å². The van der Waals surface area contributed by atoms with Gasteiger partial charge in [-0.05, 0) is 58.3 Å². The minimum absolute atomic E-state index is 0.385. The molecule has 0 spiro atoms. The third kappa shape index (κ3) is 4.02. The van der Waals surface area contributed by atoms with Gasteiger partial charge in [-0.1, -0.05) is 18.2 Å². The number of hydrogen-bond acceptors (Lipinski definition) is 4. The van der Waals surface area contributed by atoms with Crippen LogP contribution in [0.2, 0.25) is 0 Å². The second-order valence-corrected chi connectivity index (χ2v) is 8.20.